The van der Waals surface area contributed by atoms with Gasteiger partial charge in [0.2, 0.25) is 0 Å². The van der Waals surface area contributed by atoms with Gasteiger partial charge in [0, 0.05) is 17.1 Å². The van der Waals surface area contributed by atoms with Crippen LogP contribution >= 0.6 is 0 Å². The highest BCUT2D eigenvalue weighted by Gasteiger charge is 2.51. The van der Waals surface area contributed by atoms with Gasteiger partial charge in [-0.2, -0.15) is 0 Å². The Morgan fingerprint density at radius 3 is 1.12 bits per heavy atom. The molecule has 0 unspecified atom stereocenters. The monoisotopic (exact) mass is 723 g/mol. The van der Waals surface area contributed by atoms with Crippen LogP contribution in [0.15, 0.2) is 224 Å². The molecule has 11 rings (SSSR count). The maximum atomic E-state index is 9.83. The molecule has 0 amide bonds. The van der Waals surface area contributed by atoms with Crippen LogP contribution in [0.1, 0.15) is 38.7 Å². The number of anilines is 3. The molecule has 0 saturated carbocycles. The fourth-order valence-electron chi connectivity index (χ4n) is 8.57. The van der Waals surface area contributed by atoms with Gasteiger partial charge in [0.05, 0.1) is 21.9 Å². The van der Waals surface area contributed by atoms with Crippen molar-refractivity contribution in [2.45, 2.75) is 5.41 Å². The van der Waals surface area contributed by atoms with E-state index in [0.29, 0.717) is 16.7 Å². The van der Waals surface area contributed by atoms with E-state index in [2.05, 4.69) is 30.3 Å². The molecule has 0 aromatic heterocycles. The Morgan fingerprint density at radius 1 is 0.286 bits per heavy atom. The topological polar surface area (TPSA) is 3.24 Å². The van der Waals surface area contributed by atoms with Crippen molar-refractivity contribution in [3.8, 4) is 55.6 Å². The maximum absolute atomic E-state index is 9.83. The second kappa shape index (κ2) is 13.0. The highest BCUT2D eigenvalue weighted by atomic mass is 15.1. The van der Waals surface area contributed by atoms with Crippen molar-refractivity contribution in [2.75, 3.05) is 4.90 Å². The van der Waals surface area contributed by atoms with E-state index in [-0.39, 0.29) is 16.7 Å². The van der Waals surface area contributed by atoms with E-state index in [1.807, 2.05) is 54.6 Å². The standard InChI is InChI=1S/C55H37N/c1-3-14-38(15-4-1)40-26-32-43(33-27-40)56(44-34-28-41(29-35-44)39-16-5-2-6-17-39)45-36-30-42(31-37-45)46-21-13-25-53-54(46)49-20-9-12-24-52(49)55(53)50-22-10-7-18-47(50)48-19-8-11-23-51(48)55/h1-37H/i26D,27D,28D,29D,30D,31D,32D,33D,34D,35D,36D,37D. The van der Waals surface area contributed by atoms with Crippen LogP contribution in [-0.4, -0.2) is 0 Å². The number of benzene rings is 9. The van der Waals surface area contributed by atoms with Crippen LogP contribution in [0.5, 0.6) is 0 Å². The Kier molecular flexibility index (Phi) is 5.15. The first-order chi connectivity index (χ1) is 32.8. The quantitative estimate of drug-likeness (QED) is 0.165. The first kappa shape index (κ1) is 22.2. The predicted octanol–water partition coefficient (Wildman–Crippen LogP) is 14.5. The average molecular weight is 724 g/mol. The summed E-state index contributed by atoms with van der Waals surface area (Å²) in [7, 11) is 0. The van der Waals surface area contributed by atoms with Crippen molar-refractivity contribution < 1.29 is 16.4 Å². The summed E-state index contributed by atoms with van der Waals surface area (Å²) in [4.78, 5) is 0.863. The summed E-state index contributed by atoms with van der Waals surface area (Å²) in [6, 6.07) is 40.1. The normalized spacial score (nSPS) is 15.8. The molecule has 0 bridgehead atoms. The van der Waals surface area contributed by atoms with Crippen LogP contribution in [0.3, 0.4) is 0 Å². The molecule has 1 heteroatoms. The van der Waals surface area contributed by atoms with Gasteiger partial charge in [-0.25, -0.2) is 0 Å². The molecule has 9 aromatic carbocycles. The lowest BCUT2D eigenvalue weighted by molar-refractivity contribution is 0.794. The van der Waals surface area contributed by atoms with Gasteiger partial charge in [0.1, 0.15) is 0 Å². The summed E-state index contributed by atoms with van der Waals surface area (Å²) in [5.74, 6) is 0. The van der Waals surface area contributed by atoms with E-state index in [9.17, 15) is 16.4 Å². The molecule has 0 heterocycles. The van der Waals surface area contributed by atoms with Crippen molar-refractivity contribution in [3.63, 3.8) is 0 Å². The fourth-order valence-corrected chi connectivity index (χ4v) is 8.57. The van der Waals surface area contributed by atoms with E-state index in [1.54, 1.807) is 66.7 Å². The average Bonchev–Trinajstić information content (AvgIpc) is 3.83. The third-order valence-corrected chi connectivity index (χ3v) is 10.9. The van der Waals surface area contributed by atoms with Gasteiger partial charge in [-0.1, -0.05) is 188 Å². The molecule has 1 nitrogen and oxygen atoms in total. The lowest BCUT2D eigenvalue weighted by atomic mass is 9.70. The van der Waals surface area contributed by atoms with Gasteiger partial charge < -0.3 is 4.90 Å². The minimum Gasteiger partial charge on any atom is -0.311 e. The Hall–Kier alpha value is -7.22. The number of fused-ring (bicyclic) bond motifs is 10. The fraction of sp³-hybridized carbons (Fsp3) is 0.0182. The molecule has 56 heavy (non-hydrogen) atoms. The summed E-state index contributed by atoms with van der Waals surface area (Å²) in [5.41, 5.74) is 6.40. The van der Waals surface area contributed by atoms with E-state index < -0.39 is 95.0 Å². The van der Waals surface area contributed by atoms with Gasteiger partial charge in [-0.05, 0) is 114 Å². The summed E-state index contributed by atoms with van der Waals surface area (Å²) >= 11 is 0. The molecular formula is C55H37N. The summed E-state index contributed by atoms with van der Waals surface area (Å²) in [6.45, 7) is 0. The lowest BCUT2D eigenvalue weighted by Crippen LogP contribution is -2.25. The Balaban J connectivity index is 1.20. The number of nitrogens with zero attached hydrogens (tertiary/aromatic N) is 1. The van der Waals surface area contributed by atoms with Crippen LogP contribution in [-0.2, 0) is 5.41 Å². The molecule has 0 N–H and O–H groups in total. The smallest absolute Gasteiger partial charge is 0.0725 e. The molecule has 0 saturated heterocycles. The highest BCUT2D eigenvalue weighted by Crippen LogP contribution is 2.63. The number of hydrogen-bond donors (Lipinski definition) is 0. The van der Waals surface area contributed by atoms with Gasteiger partial charge >= 0.3 is 0 Å². The minimum absolute atomic E-state index is 0.0371. The van der Waals surface area contributed by atoms with Gasteiger partial charge in [-0.15, -0.1) is 0 Å². The summed E-state index contributed by atoms with van der Waals surface area (Å²) in [6.07, 6.45) is 0. The van der Waals surface area contributed by atoms with Crippen LogP contribution in [0.25, 0.3) is 55.6 Å². The molecule has 9 aromatic rings. The molecule has 1 spiro atoms. The molecule has 0 atom stereocenters. The second-order valence-corrected chi connectivity index (χ2v) is 13.9. The van der Waals surface area contributed by atoms with E-state index >= 15 is 0 Å². The first-order valence-electron chi connectivity index (χ1n) is 24.5. The molecular weight excluding hydrogens is 675 g/mol. The molecule has 0 aliphatic heterocycles. The Morgan fingerprint density at radius 2 is 0.643 bits per heavy atom. The van der Waals surface area contributed by atoms with Gasteiger partial charge in [0.15, 0.2) is 0 Å². The zero-order valence-corrected chi connectivity index (χ0v) is 29.9. The van der Waals surface area contributed by atoms with Crippen LogP contribution in [0.2, 0.25) is 0 Å². The molecule has 2 aliphatic carbocycles. The largest absolute Gasteiger partial charge is 0.311 e. The van der Waals surface area contributed by atoms with Crippen LogP contribution < -0.4 is 4.90 Å². The zero-order valence-electron chi connectivity index (χ0n) is 41.9. The predicted molar refractivity (Wildman–Crippen MR) is 234 cm³/mol. The van der Waals surface area contributed by atoms with Crippen molar-refractivity contribution in [2.24, 2.45) is 0 Å². The van der Waals surface area contributed by atoms with Crippen molar-refractivity contribution >= 4 is 17.1 Å². The molecule has 262 valence electrons. The highest BCUT2D eigenvalue weighted by molar-refractivity contribution is 6.00. The lowest BCUT2D eigenvalue weighted by Gasteiger charge is -2.30. The van der Waals surface area contributed by atoms with Crippen LogP contribution in [0, 0.1) is 0 Å². The SMILES string of the molecule is [2H]c1c([2H])c(N(c2c([2H])c([2H])c(-c3ccccc3)c([2H])c2[2H])c2c([2H])c([2H])c(-c3cccc4c3-c3ccccc3C43c4ccccc4-c4ccccc43)c([2H])c2[2H])c([2H])c([2H])c1-c1ccccc1. The van der Waals surface area contributed by atoms with E-state index in [1.165, 1.54) is 0 Å². The Bertz CT molecular complexity index is 3370. The van der Waals surface area contributed by atoms with Crippen molar-refractivity contribution in [3.05, 3.63) is 246 Å². The van der Waals surface area contributed by atoms with Crippen LogP contribution in [0.4, 0.5) is 17.1 Å². The van der Waals surface area contributed by atoms with Gasteiger partial charge in [-0.3, -0.25) is 0 Å². The molecule has 0 fully saturated rings. The zero-order chi connectivity index (χ0) is 47.5. The number of hydrogen-bond acceptors (Lipinski definition) is 1. The minimum atomic E-state index is -0.768. The Labute approximate surface area is 345 Å². The first-order valence-corrected chi connectivity index (χ1v) is 18.5. The summed E-state index contributed by atoms with van der Waals surface area (Å²) < 4.78 is 114. The summed E-state index contributed by atoms with van der Waals surface area (Å²) in [5, 5.41) is 0. The second-order valence-electron chi connectivity index (χ2n) is 13.9. The third-order valence-electron chi connectivity index (χ3n) is 10.9. The van der Waals surface area contributed by atoms with E-state index in [4.69, 9.17) is 0 Å². The van der Waals surface area contributed by atoms with E-state index in [0.717, 1.165) is 49.4 Å². The number of rotatable bonds is 6. The third kappa shape index (κ3) is 4.88. The van der Waals surface area contributed by atoms with Crippen molar-refractivity contribution in [1.29, 1.82) is 0 Å². The molecule has 0 radical (unpaired) electrons. The maximum Gasteiger partial charge on any atom is 0.0725 e. The van der Waals surface area contributed by atoms with Gasteiger partial charge in [0.25, 0.3) is 0 Å². The van der Waals surface area contributed by atoms with Crippen molar-refractivity contribution in [1.82, 2.24) is 0 Å². The molecule has 2 aliphatic rings.